The smallest absolute Gasteiger partial charge is 0.303 e. The predicted molar refractivity (Wildman–Crippen MR) is 158 cm³/mol. The van der Waals surface area contributed by atoms with Crippen LogP contribution in [0, 0.1) is 19.8 Å². The van der Waals surface area contributed by atoms with Gasteiger partial charge >= 0.3 is 5.97 Å². The lowest BCUT2D eigenvalue weighted by molar-refractivity contribution is -0.137. The Morgan fingerprint density at radius 2 is 1.59 bits per heavy atom. The zero-order valence-corrected chi connectivity index (χ0v) is 24.1. The summed E-state index contributed by atoms with van der Waals surface area (Å²) in [6, 6.07) is 17.2. The molecule has 0 aliphatic heterocycles. The summed E-state index contributed by atoms with van der Waals surface area (Å²) in [6.45, 7) is 9.12. The van der Waals surface area contributed by atoms with E-state index in [0.29, 0.717) is 18.8 Å². The molecule has 3 rings (SSSR count). The minimum Gasteiger partial charge on any atom is -0.481 e. The number of nitrogens with two attached hydrogens (primary N) is 1. The van der Waals surface area contributed by atoms with Crippen LogP contribution >= 0.6 is 0 Å². The fourth-order valence-electron chi connectivity index (χ4n) is 4.51. The topological polar surface area (TPSA) is 106 Å². The summed E-state index contributed by atoms with van der Waals surface area (Å²) in [6.07, 6.45) is 3.93. The Morgan fingerprint density at radius 3 is 2.15 bits per heavy atom. The molecule has 3 aromatic rings. The van der Waals surface area contributed by atoms with E-state index in [1.54, 1.807) is 6.20 Å². The highest BCUT2D eigenvalue weighted by Crippen LogP contribution is 2.28. The summed E-state index contributed by atoms with van der Waals surface area (Å²) in [5.41, 5.74) is 12.3. The second-order valence-electron chi connectivity index (χ2n) is 10.7. The third-order valence-electron chi connectivity index (χ3n) is 6.53. The van der Waals surface area contributed by atoms with E-state index in [4.69, 9.17) is 10.8 Å². The molecule has 0 bridgehead atoms. The van der Waals surface area contributed by atoms with Crippen LogP contribution in [0.2, 0.25) is 0 Å². The summed E-state index contributed by atoms with van der Waals surface area (Å²) in [5, 5.41) is 8.75. The molecule has 1 heterocycles. The van der Waals surface area contributed by atoms with Gasteiger partial charge in [0, 0.05) is 25.2 Å². The quantitative estimate of drug-likeness (QED) is 0.360. The molecular weight excluding hydrogens is 490 g/mol. The molecule has 39 heavy (non-hydrogen) atoms. The monoisotopic (exact) mass is 533 g/mol. The van der Waals surface area contributed by atoms with Gasteiger partial charge in [0.05, 0.1) is 0 Å². The zero-order valence-electron chi connectivity index (χ0n) is 24.1. The number of primary amides is 1. The number of hydrogen-bond acceptors (Lipinski definition) is 4. The average Bonchev–Trinajstić information content (AvgIpc) is 2.86. The molecule has 0 saturated carbocycles. The van der Waals surface area contributed by atoms with Crippen molar-refractivity contribution in [2.75, 3.05) is 20.6 Å². The van der Waals surface area contributed by atoms with Gasteiger partial charge in [-0.3, -0.25) is 14.4 Å². The number of carbonyl (C=O) groups is 2. The number of pyridine rings is 1. The minimum atomic E-state index is -0.752. The number of rotatable bonds is 11. The molecule has 1 aromatic heterocycles. The van der Waals surface area contributed by atoms with Crippen LogP contribution in [0.15, 0.2) is 65.6 Å². The number of benzene rings is 2. The number of nitrogens with zero attached hydrogens (tertiary/aromatic N) is 2. The molecule has 0 fully saturated rings. The fourth-order valence-corrected chi connectivity index (χ4v) is 4.51. The first-order valence-corrected chi connectivity index (χ1v) is 13.4. The Balaban J connectivity index is 0.000000274. The molecule has 0 aliphatic rings. The first kappa shape index (κ1) is 31.5. The van der Waals surface area contributed by atoms with Crippen molar-refractivity contribution in [1.82, 2.24) is 9.47 Å². The van der Waals surface area contributed by atoms with Crippen LogP contribution in [0.25, 0.3) is 11.1 Å². The van der Waals surface area contributed by atoms with E-state index in [1.807, 2.05) is 46.1 Å². The molecule has 2 aromatic carbocycles. The average molecular weight is 534 g/mol. The number of likely N-dealkylation sites (N-methyl/N-ethyl adjacent to an activating group) is 1. The maximum atomic E-state index is 12.0. The van der Waals surface area contributed by atoms with E-state index in [9.17, 15) is 14.4 Å². The molecule has 7 nitrogen and oxygen atoms in total. The highest BCUT2D eigenvalue weighted by Gasteiger charge is 2.20. The van der Waals surface area contributed by atoms with E-state index in [1.165, 1.54) is 32.9 Å². The molecule has 0 saturated heterocycles. The summed E-state index contributed by atoms with van der Waals surface area (Å²) < 4.78 is 1.48. The van der Waals surface area contributed by atoms with Crippen molar-refractivity contribution < 1.29 is 14.7 Å². The van der Waals surface area contributed by atoms with Crippen LogP contribution in [-0.4, -0.2) is 47.1 Å². The molecule has 3 N–H and O–H groups in total. The SMILES string of the molecule is CC(C)CC(C(N)=O)n1cc(CCN(C)C)ccc1=O.Cc1cccc(C)c1-c1cccc(CCC(=O)O)c1. The van der Waals surface area contributed by atoms with Crippen LogP contribution in [0.1, 0.15) is 55.0 Å². The van der Waals surface area contributed by atoms with Gasteiger partial charge in [-0.25, -0.2) is 0 Å². The lowest BCUT2D eigenvalue weighted by atomic mass is 9.94. The third kappa shape index (κ3) is 10.2. The molecular formula is C32H43N3O4. The number of carbonyl (C=O) groups excluding carboxylic acids is 1. The number of aliphatic carboxylic acids is 1. The van der Waals surface area contributed by atoms with Gasteiger partial charge in [-0.1, -0.05) is 62.4 Å². The van der Waals surface area contributed by atoms with Gasteiger partial charge in [-0.15, -0.1) is 0 Å². The van der Waals surface area contributed by atoms with Gasteiger partial charge in [0.15, 0.2) is 0 Å². The molecule has 1 atom stereocenters. The van der Waals surface area contributed by atoms with Crippen LogP contribution in [0.3, 0.4) is 0 Å². The van der Waals surface area contributed by atoms with Gasteiger partial charge in [-0.2, -0.15) is 0 Å². The summed E-state index contributed by atoms with van der Waals surface area (Å²) in [4.78, 5) is 36.3. The maximum Gasteiger partial charge on any atom is 0.303 e. The first-order valence-electron chi connectivity index (χ1n) is 13.4. The van der Waals surface area contributed by atoms with Crippen LogP contribution in [-0.2, 0) is 22.4 Å². The van der Waals surface area contributed by atoms with Crippen molar-refractivity contribution in [3.8, 4) is 11.1 Å². The van der Waals surface area contributed by atoms with Gasteiger partial charge in [0.2, 0.25) is 5.91 Å². The van der Waals surface area contributed by atoms with Gasteiger partial charge in [0.1, 0.15) is 6.04 Å². The summed E-state index contributed by atoms with van der Waals surface area (Å²) >= 11 is 0. The van der Waals surface area contributed by atoms with Gasteiger partial charge < -0.3 is 20.3 Å². The molecule has 1 amide bonds. The molecule has 0 spiro atoms. The number of carboxylic acid groups (broad SMARTS) is 1. The highest BCUT2D eigenvalue weighted by molar-refractivity contribution is 5.78. The minimum absolute atomic E-state index is 0.177. The second-order valence-corrected chi connectivity index (χ2v) is 10.7. The van der Waals surface area contributed by atoms with Gasteiger partial charge in [0.25, 0.3) is 5.56 Å². The normalized spacial score (nSPS) is 11.7. The standard InChI is InChI=1S/C17H18O2.C15H25N3O2/c1-12-5-3-6-13(2)17(12)15-8-4-7-14(11-15)9-10-16(18)19;1-11(2)9-13(15(16)20)18-10-12(5-6-14(18)19)7-8-17(3)4/h3-8,11H,9-10H2,1-2H3,(H,18,19);5-6,10-11,13H,7-9H2,1-4H3,(H2,16,20). The Labute approximate surface area is 232 Å². The van der Waals surface area contributed by atoms with Crippen LogP contribution in [0.4, 0.5) is 0 Å². The van der Waals surface area contributed by atoms with Crippen LogP contribution in [0.5, 0.6) is 0 Å². The Morgan fingerprint density at radius 1 is 0.949 bits per heavy atom. The van der Waals surface area contributed by atoms with E-state index >= 15 is 0 Å². The molecule has 1 unspecified atom stereocenters. The molecule has 0 radical (unpaired) electrons. The van der Waals surface area contributed by atoms with E-state index < -0.39 is 17.9 Å². The first-order chi connectivity index (χ1) is 18.4. The zero-order chi connectivity index (χ0) is 29.1. The molecule has 7 heteroatoms. The van der Waals surface area contributed by atoms with Crippen molar-refractivity contribution >= 4 is 11.9 Å². The number of amides is 1. The second kappa shape index (κ2) is 15.0. The van der Waals surface area contributed by atoms with Crippen molar-refractivity contribution in [3.05, 3.63) is 93.4 Å². The number of aryl methyl sites for hydroxylation is 3. The van der Waals surface area contributed by atoms with Gasteiger partial charge in [-0.05, 0) is 86.5 Å². The molecule has 0 aliphatic carbocycles. The lowest BCUT2D eigenvalue weighted by Crippen LogP contribution is -2.34. The van der Waals surface area contributed by atoms with Crippen molar-refractivity contribution in [2.24, 2.45) is 11.7 Å². The Kier molecular flexibility index (Phi) is 12.1. The van der Waals surface area contributed by atoms with Crippen molar-refractivity contribution in [3.63, 3.8) is 0 Å². The van der Waals surface area contributed by atoms with Crippen LogP contribution < -0.4 is 11.3 Å². The number of carboxylic acids is 1. The molecule has 210 valence electrons. The van der Waals surface area contributed by atoms with E-state index in [2.05, 4.69) is 49.1 Å². The maximum absolute atomic E-state index is 12.0. The number of aromatic nitrogens is 1. The third-order valence-corrected chi connectivity index (χ3v) is 6.53. The lowest BCUT2D eigenvalue weighted by Gasteiger charge is -2.19. The van der Waals surface area contributed by atoms with Crippen molar-refractivity contribution in [1.29, 1.82) is 0 Å². The summed E-state index contributed by atoms with van der Waals surface area (Å²) in [5.74, 6) is -0.909. The Hall–Kier alpha value is -3.71. The van der Waals surface area contributed by atoms with E-state index in [-0.39, 0.29) is 12.0 Å². The largest absolute Gasteiger partial charge is 0.481 e. The Bertz CT molecular complexity index is 1290. The van der Waals surface area contributed by atoms with E-state index in [0.717, 1.165) is 24.1 Å². The summed E-state index contributed by atoms with van der Waals surface area (Å²) in [7, 11) is 4.00. The highest BCUT2D eigenvalue weighted by atomic mass is 16.4. The van der Waals surface area contributed by atoms with Crippen molar-refractivity contribution in [2.45, 2.75) is 59.4 Å². The fraction of sp³-hybridized carbons (Fsp3) is 0.406. The predicted octanol–water partition coefficient (Wildman–Crippen LogP) is 5.01. The number of hydrogen-bond donors (Lipinski definition) is 2.